The van der Waals surface area contributed by atoms with Crippen molar-refractivity contribution >= 4 is 45.5 Å². The Labute approximate surface area is 476 Å². The lowest BCUT2D eigenvalue weighted by Crippen LogP contribution is -2.44. The second-order valence-electron chi connectivity index (χ2n) is 19.5. The van der Waals surface area contributed by atoms with Gasteiger partial charge in [0.1, 0.15) is 41.9 Å². The van der Waals surface area contributed by atoms with Crippen LogP contribution in [-0.2, 0) is 26.2 Å². The van der Waals surface area contributed by atoms with Crippen LogP contribution in [0.3, 0.4) is 0 Å². The molecule has 7 aromatic carbocycles. The van der Waals surface area contributed by atoms with Gasteiger partial charge < -0.3 is 29.3 Å². The number of ether oxygens (including phenoxy) is 2. The van der Waals surface area contributed by atoms with E-state index in [4.69, 9.17) is 9.47 Å². The summed E-state index contributed by atoms with van der Waals surface area (Å²) in [5, 5.41) is 10.5. The van der Waals surface area contributed by atoms with Gasteiger partial charge in [-0.25, -0.2) is 26.7 Å². The smallest absolute Gasteiger partial charge is 0.406 e. The van der Waals surface area contributed by atoms with Gasteiger partial charge in [-0.05, 0) is 58.7 Å². The molecule has 0 fully saturated rings. The van der Waals surface area contributed by atoms with Gasteiger partial charge in [-0.3, -0.25) is 24.4 Å². The highest BCUT2D eigenvalue weighted by molar-refractivity contribution is 6.17. The Bertz CT molecular complexity index is 4050. The number of aromatic hydroxyl groups is 1. The first kappa shape index (κ1) is 59.1. The molecule has 0 saturated carbocycles. The highest BCUT2D eigenvalue weighted by Crippen LogP contribution is 2.45. The van der Waals surface area contributed by atoms with Crippen molar-refractivity contribution in [3.63, 3.8) is 0 Å². The summed E-state index contributed by atoms with van der Waals surface area (Å²) >= 11 is 0. The molecule has 0 aliphatic carbocycles. The van der Waals surface area contributed by atoms with Crippen molar-refractivity contribution < 1.29 is 90.8 Å². The summed E-state index contributed by atoms with van der Waals surface area (Å²) in [5.74, 6) is -19.8. The molecule has 86 heavy (non-hydrogen) atoms. The fourth-order valence-corrected chi connectivity index (χ4v) is 10.1. The van der Waals surface area contributed by atoms with E-state index in [1.54, 1.807) is 0 Å². The average molecular weight is 1200 g/mol. The number of hydrogen-bond donors (Lipinski definition) is 1. The Morgan fingerprint density at radius 2 is 0.965 bits per heavy atom. The number of nitrogens with zero attached hydrogens (tertiary/aromatic N) is 5. The summed E-state index contributed by atoms with van der Waals surface area (Å²) in [7, 11) is 0. The standard InChI is InChI=1S/C38H22F6N2O4.C23H16F7N3O3/c39-23-15-13-20(14-16-23)18-46-19-25-26(38(48)50-36-31(43)29(41)28(40)30(42)32(36)44)24-12-7-17-45-33(24)35(27(25)37(46)47)49-34(21-8-3-1-4-9-21)22-10-5-2-6-11-22;24-13-5-3-12(4-6-13)8-32-9-15-16(20(35)33(10-22(25,26)27)11-23(28,29)30)14-2-1-7-31-18(14)19(34)17(15)21(32)36/h1-17,34H,18-19H2;1-7,34H,8-11H2. The number of phenols is 1. The lowest BCUT2D eigenvalue weighted by molar-refractivity contribution is -0.171. The number of aromatic nitrogens is 2. The highest BCUT2D eigenvalue weighted by Gasteiger charge is 2.44. The lowest BCUT2D eigenvalue weighted by atomic mass is 9.95. The van der Waals surface area contributed by atoms with E-state index in [9.17, 15) is 81.4 Å². The lowest BCUT2D eigenvalue weighted by Gasteiger charge is -2.26. The van der Waals surface area contributed by atoms with Crippen molar-refractivity contribution in [2.75, 3.05) is 13.1 Å². The van der Waals surface area contributed by atoms with Gasteiger partial charge in [0.05, 0.1) is 22.3 Å². The Kier molecular flexibility index (Phi) is 16.2. The van der Waals surface area contributed by atoms with Gasteiger partial charge in [0.2, 0.25) is 34.8 Å². The second-order valence-corrected chi connectivity index (χ2v) is 19.5. The molecule has 11 rings (SSSR count). The third-order valence-corrected chi connectivity index (χ3v) is 13.8. The zero-order valence-corrected chi connectivity index (χ0v) is 43.7. The number of benzene rings is 7. The molecule has 0 radical (unpaired) electrons. The molecule has 0 saturated heterocycles. The minimum atomic E-state index is -5.14. The summed E-state index contributed by atoms with van der Waals surface area (Å²) in [6, 6.07) is 34.0. The van der Waals surface area contributed by atoms with E-state index < -0.39 is 136 Å². The molecule has 0 bridgehead atoms. The molecular formula is C61H38F13N5O7. The Balaban J connectivity index is 0.000000202. The number of amides is 3. The van der Waals surface area contributed by atoms with Crippen LogP contribution in [0.15, 0.2) is 146 Å². The molecule has 9 aromatic rings. The maximum atomic E-state index is 14.7. The number of carbonyl (C=O) groups is 4. The summed E-state index contributed by atoms with van der Waals surface area (Å²) in [6.45, 7) is -5.21. The van der Waals surface area contributed by atoms with Gasteiger partial charge in [0, 0.05) is 60.5 Å². The van der Waals surface area contributed by atoms with Gasteiger partial charge in [-0.1, -0.05) is 97.1 Å². The quantitative estimate of drug-likeness (QED) is 0.0392. The van der Waals surface area contributed by atoms with E-state index in [1.807, 2.05) is 60.7 Å². The van der Waals surface area contributed by atoms with Crippen molar-refractivity contribution in [3.05, 3.63) is 242 Å². The van der Waals surface area contributed by atoms with Crippen LogP contribution in [0.1, 0.15) is 80.9 Å². The zero-order chi connectivity index (χ0) is 61.5. The van der Waals surface area contributed by atoms with Gasteiger partial charge in [0.25, 0.3) is 17.7 Å². The largest absolute Gasteiger partial charge is 0.505 e. The summed E-state index contributed by atoms with van der Waals surface area (Å²) in [4.78, 5) is 64.9. The van der Waals surface area contributed by atoms with Crippen LogP contribution in [0.2, 0.25) is 0 Å². The second kappa shape index (κ2) is 23.5. The molecule has 12 nitrogen and oxygen atoms in total. The first-order chi connectivity index (χ1) is 40.9. The summed E-state index contributed by atoms with van der Waals surface area (Å²) < 4.78 is 188. The topological polar surface area (TPSA) is 142 Å². The number of carbonyl (C=O) groups excluding carboxylic acids is 4. The molecular weight excluding hydrogens is 1160 g/mol. The number of hydrogen-bond acceptors (Lipinski definition) is 9. The first-order valence-electron chi connectivity index (χ1n) is 25.5. The molecule has 0 spiro atoms. The van der Waals surface area contributed by atoms with Crippen LogP contribution in [0.25, 0.3) is 21.8 Å². The zero-order valence-electron chi connectivity index (χ0n) is 43.7. The third-order valence-electron chi connectivity index (χ3n) is 13.8. The molecule has 0 atom stereocenters. The Morgan fingerprint density at radius 1 is 0.535 bits per heavy atom. The average Bonchev–Trinajstić information content (AvgIpc) is 1.51. The Morgan fingerprint density at radius 3 is 1.44 bits per heavy atom. The molecule has 2 aliphatic heterocycles. The van der Waals surface area contributed by atoms with E-state index in [1.165, 1.54) is 78.0 Å². The van der Waals surface area contributed by atoms with E-state index in [2.05, 4.69) is 9.97 Å². The van der Waals surface area contributed by atoms with Crippen molar-refractivity contribution in [2.45, 2.75) is 44.6 Å². The minimum Gasteiger partial charge on any atom is -0.505 e. The number of rotatable bonds is 13. The van der Waals surface area contributed by atoms with Crippen LogP contribution >= 0.6 is 0 Å². The van der Waals surface area contributed by atoms with E-state index in [0.29, 0.717) is 22.3 Å². The summed E-state index contributed by atoms with van der Waals surface area (Å²) in [6.07, 6.45) is -8.52. The van der Waals surface area contributed by atoms with Crippen LogP contribution in [-0.4, -0.2) is 78.9 Å². The van der Waals surface area contributed by atoms with Gasteiger partial charge in [0.15, 0.2) is 11.5 Å². The van der Waals surface area contributed by atoms with Crippen LogP contribution < -0.4 is 9.47 Å². The first-order valence-corrected chi connectivity index (χ1v) is 25.5. The minimum absolute atomic E-state index is 0.00126. The van der Waals surface area contributed by atoms with Crippen molar-refractivity contribution in [1.82, 2.24) is 24.7 Å². The third kappa shape index (κ3) is 11.9. The summed E-state index contributed by atoms with van der Waals surface area (Å²) in [5.41, 5.74) is 0.309. The van der Waals surface area contributed by atoms with E-state index >= 15 is 0 Å². The monoisotopic (exact) mass is 1200 g/mol. The SMILES string of the molecule is O=C(Oc1c(F)c(F)c(F)c(F)c1F)c1c2c(c(OC(c3ccccc3)c3ccccc3)c3ncccc13)C(=O)N(Cc1ccc(F)cc1)C2.O=C1c2c(c(C(=O)N(CC(F)(F)F)CC(F)(F)F)c3cccnc3c2O)CN1Cc1ccc(F)cc1. The predicted molar refractivity (Wildman–Crippen MR) is 280 cm³/mol. The van der Waals surface area contributed by atoms with E-state index in [0.717, 1.165) is 17.0 Å². The maximum Gasteiger partial charge on any atom is 0.406 e. The number of phenolic OH excluding ortho intramolecular Hbond substituents is 1. The number of halogens is 13. The molecule has 2 aliphatic rings. The predicted octanol–water partition coefficient (Wildman–Crippen LogP) is 13.4. The van der Waals surface area contributed by atoms with Crippen molar-refractivity contribution in [2.24, 2.45) is 0 Å². The Hall–Kier alpha value is -10.1. The molecule has 3 amide bonds. The number of pyridine rings is 2. The molecule has 0 unspecified atom stereocenters. The number of fused-ring (bicyclic) bond motifs is 4. The molecule has 4 heterocycles. The van der Waals surface area contributed by atoms with E-state index in [-0.39, 0.29) is 63.9 Å². The normalized spacial score (nSPS) is 13.0. The fraction of sp³-hybridized carbons (Fsp3) is 0.148. The van der Waals surface area contributed by atoms with Crippen LogP contribution in [0, 0.1) is 40.7 Å². The fourth-order valence-electron chi connectivity index (χ4n) is 10.1. The van der Waals surface area contributed by atoms with Gasteiger partial charge in [-0.15, -0.1) is 0 Å². The molecule has 1 N–H and O–H groups in total. The van der Waals surface area contributed by atoms with Gasteiger partial charge in [-0.2, -0.15) is 35.1 Å². The maximum absolute atomic E-state index is 14.7. The van der Waals surface area contributed by atoms with Crippen LogP contribution in [0.5, 0.6) is 17.2 Å². The molecule has 440 valence electrons. The van der Waals surface area contributed by atoms with Gasteiger partial charge >= 0.3 is 18.3 Å². The number of alkyl halides is 6. The highest BCUT2D eigenvalue weighted by atomic mass is 19.4. The van der Waals surface area contributed by atoms with Crippen molar-refractivity contribution in [1.29, 1.82) is 0 Å². The molecule has 25 heteroatoms. The molecule has 2 aromatic heterocycles. The number of esters is 1. The van der Waals surface area contributed by atoms with Crippen molar-refractivity contribution in [3.8, 4) is 17.2 Å². The van der Waals surface area contributed by atoms with Crippen LogP contribution in [0.4, 0.5) is 57.1 Å².